The van der Waals surface area contributed by atoms with Crippen LogP contribution in [0.25, 0.3) is 17.3 Å². The molecule has 0 aliphatic rings. The molecule has 0 fully saturated rings. The molecular weight excluding hydrogens is 254 g/mol. The number of aromatic carboxylic acids is 1. The van der Waals surface area contributed by atoms with Crippen molar-refractivity contribution >= 4 is 12.0 Å². The molecule has 0 saturated carbocycles. The smallest absolute Gasteiger partial charge is 0.338 e. The number of nitrogens with zero attached hydrogens (tertiary/aromatic N) is 1. The molecule has 1 heterocycles. The van der Waals surface area contributed by atoms with E-state index in [0.717, 1.165) is 0 Å². The fourth-order valence-corrected chi connectivity index (χ4v) is 2.06. The minimum atomic E-state index is -1.01. The van der Waals surface area contributed by atoms with Gasteiger partial charge in [0.15, 0.2) is 0 Å². The van der Waals surface area contributed by atoms with E-state index >= 15 is 0 Å². The molecule has 4 nitrogen and oxygen atoms in total. The van der Waals surface area contributed by atoms with E-state index in [-0.39, 0.29) is 5.56 Å². The van der Waals surface area contributed by atoms with Crippen LogP contribution < -0.4 is 4.74 Å². The minimum Gasteiger partial charge on any atom is -0.496 e. The van der Waals surface area contributed by atoms with Crippen LogP contribution in [0.3, 0.4) is 0 Å². The number of hydrogen-bond donors (Lipinski definition) is 1. The summed E-state index contributed by atoms with van der Waals surface area (Å²) in [4.78, 5) is 15.8. The van der Waals surface area contributed by atoms with Gasteiger partial charge in [-0.2, -0.15) is 0 Å². The van der Waals surface area contributed by atoms with E-state index in [2.05, 4.69) is 4.98 Å². The van der Waals surface area contributed by atoms with E-state index in [1.54, 1.807) is 43.7 Å². The Morgan fingerprint density at radius 3 is 2.70 bits per heavy atom. The lowest BCUT2D eigenvalue weighted by atomic mass is 10.00. The fourth-order valence-electron chi connectivity index (χ4n) is 2.06. The number of ether oxygens (including phenoxy) is 1. The second-order valence-electron chi connectivity index (χ2n) is 4.13. The Kier molecular flexibility index (Phi) is 4.15. The first-order valence-corrected chi connectivity index (χ1v) is 6.17. The minimum absolute atomic E-state index is 0.176. The number of benzene rings is 1. The zero-order valence-corrected chi connectivity index (χ0v) is 11.3. The first kappa shape index (κ1) is 13.8. The summed E-state index contributed by atoms with van der Waals surface area (Å²) in [5, 5.41) is 9.48. The molecule has 4 heteroatoms. The second-order valence-corrected chi connectivity index (χ2v) is 4.13. The van der Waals surface area contributed by atoms with E-state index in [9.17, 15) is 9.90 Å². The number of carbonyl (C=O) groups is 1. The Balaban J connectivity index is 2.74. The second kappa shape index (κ2) is 6.02. The number of rotatable bonds is 4. The van der Waals surface area contributed by atoms with E-state index in [1.807, 2.05) is 19.1 Å². The first-order valence-electron chi connectivity index (χ1n) is 6.17. The van der Waals surface area contributed by atoms with Crippen LogP contribution in [0.15, 0.2) is 42.6 Å². The Hall–Kier alpha value is -2.62. The zero-order valence-electron chi connectivity index (χ0n) is 11.3. The average molecular weight is 269 g/mol. The van der Waals surface area contributed by atoms with Crippen LogP contribution in [-0.4, -0.2) is 23.2 Å². The maximum absolute atomic E-state index is 11.6. The van der Waals surface area contributed by atoms with Gasteiger partial charge in [0.1, 0.15) is 5.75 Å². The molecule has 0 radical (unpaired) electrons. The third-order valence-electron chi connectivity index (χ3n) is 2.91. The van der Waals surface area contributed by atoms with Crippen LogP contribution in [0, 0.1) is 0 Å². The molecule has 0 amide bonds. The van der Waals surface area contributed by atoms with Gasteiger partial charge in [-0.3, -0.25) is 4.98 Å². The molecule has 0 bridgehead atoms. The maximum Gasteiger partial charge on any atom is 0.338 e. The normalized spacial score (nSPS) is 10.7. The number of carboxylic acid groups (broad SMARTS) is 1. The van der Waals surface area contributed by atoms with Crippen LogP contribution in [-0.2, 0) is 0 Å². The summed E-state index contributed by atoms with van der Waals surface area (Å²) < 4.78 is 5.28. The topological polar surface area (TPSA) is 59.4 Å². The van der Waals surface area contributed by atoms with E-state index in [0.29, 0.717) is 22.6 Å². The van der Waals surface area contributed by atoms with Crippen LogP contribution >= 0.6 is 0 Å². The van der Waals surface area contributed by atoms with Gasteiger partial charge in [-0.25, -0.2) is 4.79 Å². The van der Waals surface area contributed by atoms with Crippen molar-refractivity contribution in [2.24, 2.45) is 0 Å². The predicted octanol–water partition coefficient (Wildman–Crippen LogP) is 3.49. The molecule has 2 aromatic rings. The third-order valence-corrected chi connectivity index (χ3v) is 2.91. The Morgan fingerprint density at radius 1 is 1.30 bits per heavy atom. The van der Waals surface area contributed by atoms with Crippen molar-refractivity contribution in [1.82, 2.24) is 4.98 Å². The van der Waals surface area contributed by atoms with Crippen molar-refractivity contribution in [3.8, 4) is 17.0 Å². The molecule has 0 saturated heterocycles. The Morgan fingerprint density at radius 2 is 2.05 bits per heavy atom. The number of para-hydroxylation sites is 1. The van der Waals surface area contributed by atoms with Gasteiger partial charge in [-0.1, -0.05) is 24.3 Å². The molecule has 0 unspecified atom stereocenters. The van der Waals surface area contributed by atoms with Crippen molar-refractivity contribution in [3.05, 3.63) is 53.7 Å². The predicted molar refractivity (Wildman–Crippen MR) is 77.9 cm³/mol. The number of allylic oxidation sites excluding steroid dienone is 1. The lowest BCUT2D eigenvalue weighted by molar-refractivity contribution is 0.0697. The van der Waals surface area contributed by atoms with Crippen molar-refractivity contribution in [3.63, 3.8) is 0 Å². The van der Waals surface area contributed by atoms with Crippen molar-refractivity contribution in [2.75, 3.05) is 7.11 Å². The van der Waals surface area contributed by atoms with Crippen molar-refractivity contribution in [1.29, 1.82) is 0 Å². The summed E-state index contributed by atoms with van der Waals surface area (Å²) in [6.45, 7) is 1.84. The van der Waals surface area contributed by atoms with Gasteiger partial charge in [0.25, 0.3) is 0 Å². The molecule has 102 valence electrons. The van der Waals surface area contributed by atoms with Crippen LogP contribution in [0.1, 0.15) is 22.8 Å². The van der Waals surface area contributed by atoms with Gasteiger partial charge in [-0.05, 0) is 30.7 Å². The summed E-state index contributed by atoms with van der Waals surface area (Å²) in [5.41, 5.74) is 1.87. The summed E-state index contributed by atoms with van der Waals surface area (Å²) in [7, 11) is 1.55. The van der Waals surface area contributed by atoms with E-state index in [1.165, 1.54) is 0 Å². The van der Waals surface area contributed by atoms with Crippen molar-refractivity contribution < 1.29 is 14.6 Å². The molecule has 0 spiro atoms. The molecule has 0 aliphatic carbocycles. The molecule has 0 atom stereocenters. The summed E-state index contributed by atoms with van der Waals surface area (Å²) in [6, 6.07) is 8.92. The molecule has 1 aromatic carbocycles. The van der Waals surface area contributed by atoms with Gasteiger partial charge >= 0.3 is 5.97 Å². The number of hydrogen-bond acceptors (Lipinski definition) is 3. The number of aromatic nitrogens is 1. The summed E-state index contributed by atoms with van der Waals surface area (Å²) in [6.07, 6.45) is 5.15. The fraction of sp³-hybridized carbons (Fsp3) is 0.125. The molecule has 0 aliphatic heterocycles. The van der Waals surface area contributed by atoms with Gasteiger partial charge in [0, 0.05) is 11.8 Å². The van der Waals surface area contributed by atoms with Gasteiger partial charge in [0.05, 0.1) is 18.4 Å². The highest BCUT2D eigenvalue weighted by molar-refractivity contribution is 5.99. The lowest BCUT2D eigenvalue weighted by Gasteiger charge is -2.11. The molecule has 2 rings (SSSR count). The molecule has 1 aromatic heterocycles. The third kappa shape index (κ3) is 2.54. The standard InChI is InChI=1S/C16H15NO3/c1-3-6-11-9-10-17-15(14(11)16(18)19)12-7-4-5-8-13(12)20-2/h3-10H,1-2H3,(H,18,19). The number of pyridine rings is 1. The zero-order chi connectivity index (χ0) is 14.5. The maximum atomic E-state index is 11.6. The lowest BCUT2D eigenvalue weighted by Crippen LogP contribution is -2.05. The average Bonchev–Trinajstić information content (AvgIpc) is 2.47. The summed E-state index contributed by atoms with van der Waals surface area (Å²) in [5.74, 6) is -0.410. The van der Waals surface area contributed by atoms with Gasteiger partial charge in [-0.15, -0.1) is 0 Å². The Labute approximate surface area is 117 Å². The van der Waals surface area contributed by atoms with Crippen LogP contribution in [0.4, 0.5) is 0 Å². The molecular formula is C16H15NO3. The van der Waals surface area contributed by atoms with Crippen LogP contribution in [0.2, 0.25) is 0 Å². The first-order chi connectivity index (χ1) is 9.69. The number of methoxy groups -OCH3 is 1. The Bertz CT molecular complexity index is 663. The molecule has 20 heavy (non-hydrogen) atoms. The van der Waals surface area contributed by atoms with Gasteiger partial charge < -0.3 is 9.84 Å². The van der Waals surface area contributed by atoms with E-state index < -0.39 is 5.97 Å². The molecule has 1 N–H and O–H groups in total. The van der Waals surface area contributed by atoms with E-state index in [4.69, 9.17) is 4.74 Å². The monoisotopic (exact) mass is 269 g/mol. The largest absolute Gasteiger partial charge is 0.496 e. The van der Waals surface area contributed by atoms with Crippen molar-refractivity contribution in [2.45, 2.75) is 6.92 Å². The van der Waals surface area contributed by atoms with Crippen LogP contribution in [0.5, 0.6) is 5.75 Å². The summed E-state index contributed by atoms with van der Waals surface area (Å²) >= 11 is 0. The highest BCUT2D eigenvalue weighted by Gasteiger charge is 2.19. The quantitative estimate of drug-likeness (QED) is 0.923. The number of carboxylic acids is 1. The highest BCUT2D eigenvalue weighted by Crippen LogP contribution is 2.32. The van der Waals surface area contributed by atoms with Gasteiger partial charge in [0.2, 0.25) is 0 Å². The highest BCUT2D eigenvalue weighted by atomic mass is 16.5. The SMILES string of the molecule is CC=Cc1ccnc(-c2ccccc2OC)c1C(=O)O.